The molecular weight excluding hydrogens is 330 g/mol. The minimum atomic E-state index is -0.531. The normalized spacial score (nSPS) is 17.6. The maximum atomic E-state index is 11.7. The van der Waals surface area contributed by atoms with Crippen LogP contribution >= 0.6 is 11.6 Å². The molecule has 0 radical (unpaired) electrons. The van der Waals surface area contributed by atoms with Gasteiger partial charge in [-0.25, -0.2) is 0 Å². The minimum absolute atomic E-state index is 0.000465. The molecule has 0 saturated carbocycles. The molecule has 0 spiro atoms. The fourth-order valence-corrected chi connectivity index (χ4v) is 2.98. The van der Waals surface area contributed by atoms with E-state index in [1.165, 1.54) is 0 Å². The molecule has 1 fully saturated rings. The monoisotopic (exact) mass is 355 g/mol. The summed E-state index contributed by atoms with van der Waals surface area (Å²) < 4.78 is 10.6. The zero-order valence-electron chi connectivity index (χ0n) is 14.1. The number of hydrogen-bond acceptors (Lipinski definition) is 5. The van der Waals surface area contributed by atoms with E-state index in [-0.39, 0.29) is 11.9 Å². The number of esters is 1. The molecule has 2 rings (SSSR count). The third-order valence-corrected chi connectivity index (χ3v) is 4.42. The van der Waals surface area contributed by atoms with E-state index in [0.717, 1.165) is 31.5 Å². The van der Waals surface area contributed by atoms with Crippen molar-refractivity contribution in [2.24, 2.45) is 5.92 Å². The van der Waals surface area contributed by atoms with Crippen LogP contribution in [-0.2, 0) is 20.9 Å². The lowest BCUT2D eigenvalue weighted by atomic mass is 9.97. The van der Waals surface area contributed by atoms with Crippen molar-refractivity contribution in [1.29, 1.82) is 0 Å². The van der Waals surface area contributed by atoms with Gasteiger partial charge in [-0.15, -0.1) is 0 Å². The number of carbonyl (C=O) groups excluding carboxylic acids is 1. The minimum Gasteiger partial charge on any atom is -0.466 e. The van der Waals surface area contributed by atoms with Crippen LogP contribution in [0.4, 0.5) is 0 Å². The molecule has 24 heavy (non-hydrogen) atoms. The fraction of sp³-hybridized carbons (Fsp3) is 0.611. The summed E-state index contributed by atoms with van der Waals surface area (Å²) in [5, 5.41) is 10.8. The first-order chi connectivity index (χ1) is 11.6. The second kappa shape index (κ2) is 9.99. The quantitative estimate of drug-likeness (QED) is 0.726. The first kappa shape index (κ1) is 19.2. The van der Waals surface area contributed by atoms with Gasteiger partial charge in [0.15, 0.2) is 0 Å². The van der Waals surface area contributed by atoms with Gasteiger partial charge in [0, 0.05) is 11.6 Å². The summed E-state index contributed by atoms with van der Waals surface area (Å²) in [6.45, 7) is 5.18. The summed E-state index contributed by atoms with van der Waals surface area (Å²) in [6.07, 6.45) is 1.05. The molecule has 134 valence electrons. The van der Waals surface area contributed by atoms with Gasteiger partial charge in [0.05, 0.1) is 31.8 Å². The summed E-state index contributed by atoms with van der Waals surface area (Å²) in [7, 11) is 0. The van der Waals surface area contributed by atoms with Crippen molar-refractivity contribution in [3.05, 3.63) is 34.9 Å². The number of piperidine rings is 1. The number of carbonyl (C=O) groups is 1. The van der Waals surface area contributed by atoms with E-state index in [4.69, 9.17) is 21.1 Å². The lowest BCUT2D eigenvalue weighted by molar-refractivity contribution is -0.149. The molecule has 1 N–H and O–H groups in total. The van der Waals surface area contributed by atoms with Crippen molar-refractivity contribution in [2.45, 2.75) is 32.5 Å². The molecular formula is C18H26ClNO4. The molecule has 0 unspecified atom stereocenters. The summed E-state index contributed by atoms with van der Waals surface area (Å²) in [5.41, 5.74) is 1.03. The summed E-state index contributed by atoms with van der Waals surface area (Å²) in [6, 6.07) is 7.47. The molecule has 1 heterocycles. The van der Waals surface area contributed by atoms with Crippen LogP contribution in [0.2, 0.25) is 5.02 Å². The fourth-order valence-electron chi connectivity index (χ4n) is 2.86. The molecule has 0 bridgehead atoms. The predicted octanol–water partition coefficient (Wildman–Crippen LogP) is 2.49. The maximum Gasteiger partial charge on any atom is 0.309 e. The van der Waals surface area contributed by atoms with Crippen LogP contribution in [0.1, 0.15) is 25.3 Å². The number of nitrogens with zero attached hydrogens (tertiary/aromatic N) is 1. The average molecular weight is 356 g/mol. The van der Waals surface area contributed by atoms with E-state index in [1.54, 1.807) is 0 Å². The molecule has 1 aliphatic heterocycles. The van der Waals surface area contributed by atoms with E-state index in [9.17, 15) is 9.90 Å². The molecule has 1 saturated heterocycles. The summed E-state index contributed by atoms with van der Waals surface area (Å²) >= 11 is 5.84. The molecule has 1 aliphatic rings. The van der Waals surface area contributed by atoms with Gasteiger partial charge in [0.1, 0.15) is 0 Å². The van der Waals surface area contributed by atoms with Crippen molar-refractivity contribution in [3.8, 4) is 0 Å². The van der Waals surface area contributed by atoms with E-state index < -0.39 is 6.10 Å². The van der Waals surface area contributed by atoms with Gasteiger partial charge in [0.25, 0.3) is 0 Å². The lowest BCUT2D eigenvalue weighted by Gasteiger charge is -2.32. The Morgan fingerprint density at radius 2 is 2.00 bits per heavy atom. The SMILES string of the molecule is CCOC(=O)C1CCN(C[C@@H](O)COCc2ccc(Cl)cc2)CC1. The highest BCUT2D eigenvalue weighted by molar-refractivity contribution is 6.30. The Hall–Kier alpha value is -1.14. The lowest BCUT2D eigenvalue weighted by Crippen LogP contribution is -2.41. The smallest absolute Gasteiger partial charge is 0.309 e. The molecule has 0 aromatic heterocycles. The van der Waals surface area contributed by atoms with Gasteiger partial charge in [-0.1, -0.05) is 23.7 Å². The van der Waals surface area contributed by atoms with Crippen LogP contribution in [0.5, 0.6) is 0 Å². The number of aliphatic hydroxyl groups excluding tert-OH is 1. The van der Waals surface area contributed by atoms with Gasteiger partial charge in [0.2, 0.25) is 0 Å². The van der Waals surface area contributed by atoms with Crippen molar-refractivity contribution in [2.75, 3.05) is 32.8 Å². The molecule has 6 heteroatoms. The Kier molecular flexibility index (Phi) is 7.99. The Morgan fingerprint density at radius 1 is 1.33 bits per heavy atom. The Balaban J connectivity index is 1.62. The Morgan fingerprint density at radius 3 is 2.62 bits per heavy atom. The van der Waals surface area contributed by atoms with E-state index in [0.29, 0.717) is 31.4 Å². The average Bonchev–Trinajstić information content (AvgIpc) is 2.57. The Labute approximate surface area is 148 Å². The first-order valence-electron chi connectivity index (χ1n) is 8.47. The number of aliphatic hydroxyl groups is 1. The molecule has 1 atom stereocenters. The largest absolute Gasteiger partial charge is 0.466 e. The molecule has 5 nitrogen and oxygen atoms in total. The summed E-state index contributed by atoms with van der Waals surface area (Å²) in [5.74, 6) is -0.0940. The number of likely N-dealkylation sites (tertiary alicyclic amines) is 1. The Bertz CT molecular complexity index is 500. The molecule has 0 amide bonds. The third-order valence-electron chi connectivity index (χ3n) is 4.17. The number of halogens is 1. The van der Waals surface area contributed by atoms with E-state index in [2.05, 4.69) is 4.90 Å². The van der Waals surface area contributed by atoms with Crippen molar-refractivity contribution in [1.82, 2.24) is 4.90 Å². The number of ether oxygens (including phenoxy) is 2. The zero-order chi connectivity index (χ0) is 17.4. The summed E-state index contributed by atoms with van der Waals surface area (Å²) in [4.78, 5) is 13.9. The van der Waals surface area contributed by atoms with Crippen LogP contribution in [0, 0.1) is 5.92 Å². The van der Waals surface area contributed by atoms with Crippen LogP contribution in [0.25, 0.3) is 0 Å². The first-order valence-corrected chi connectivity index (χ1v) is 8.85. The van der Waals surface area contributed by atoms with Crippen LogP contribution in [-0.4, -0.2) is 54.9 Å². The van der Waals surface area contributed by atoms with Crippen molar-refractivity contribution < 1.29 is 19.4 Å². The second-order valence-corrected chi connectivity index (χ2v) is 6.56. The maximum absolute atomic E-state index is 11.7. The highest BCUT2D eigenvalue weighted by atomic mass is 35.5. The number of β-amino-alcohol motifs (C(OH)–C–C–N with tert-alkyl or cyclic N) is 1. The topological polar surface area (TPSA) is 59.0 Å². The zero-order valence-corrected chi connectivity index (χ0v) is 14.9. The number of rotatable bonds is 8. The molecule has 0 aliphatic carbocycles. The predicted molar refractivity (Wildman–Crippen MR) is 92.9 cm³/mol. The van der Waals surface area contributed by atoms with Crippen LogP contribution in [0.15, 0.2) is 24.3 Å². The van der Waals surface area contributed by atoms with E-state index >= 15 is 0 Å². The van der Waals surface area contributed by atoms with Gasteiger partial charge in [-0.05, 0) is 50.6 Å². The van der Waals surface area contributed by atoms with Crippen LogP contribution < -0.4 is 0 Å². The molecule has 1 aromatic carbocycles. The van der Waals surface area contributed by atoms with E-state index in [1.807, 2.05) is 31.2 Å². The van der Waals surface area contributed by atoms with Crippen LogP contribution in [0.3, 0.4) is 0 Å². The van der Waals surface area contributed by atoms with Gasteiger partial charge in [-0.2, -0.15) is 0 Å². The third kappa shape index (κ3) is 6.40. The van der Waals surface area contributed by atoms with Crippen molar-refractivity contribution in [3.63, 3.8) is 0 Å². The standard InChI is InChI=1S/C18H26ClNO4/c1-2-24-18(22)15-7-9-20(10-8-15)11-17(21)13-23-12-14-3-5-16(19)6-4-14/h3-6,15,17,21H,2,7-13H2,1H3/t17-/m1/s1. The van der Waals surface area contributed by atoms with Gasteiger partial charge < -0.3 is 19.5 Å². The second-order valence-electron chi connectivity index (χ2n) is 6.12. The van der Waals surface area contributed by atoms with Crippen molar-refractivity contribution >= 4 is 17.6 Å². The number of benzene rings is 1. The highest BCUT2D eigenvalue weighted by Gasteiger charge is 2.26. The highest BCUT2D eigenvalue weighted by Crippen LogP contribution is 2.19. The van der Waals surface area contributed by atoms with Gasteiger partial charge in [-0.3, -0.25) is 4.79 Å². The molecule has 1 aromatic rings. The number of hydrogen-bond donors (Lipinski definition) is 1. The van der Waals surface area contributed by atoms with Gasteiger partial charge >= 0.3 is 5.97 Å².